The zero-order valence-electron chi connectivity index (χ0n) is 21.7. The summed E-state index contributed by atoms with van der Waals surface area (Å²) in [6.07, 6.45) is 3.96. The van der Waals surface area contributed by atoms with E-state index in [0.717, 1.165) is 0 Å². The largest absolute Gasteiger partial charge is 0.411 e. The minimum Gasteiger partial charge on any atom is -0.411 e. The third-order valence-corrected chi connectivity index (χ3v) is 9.73. The SMILES string of the molecule is CC(=NO)c1ccc(N2C(=O)[C@@H]3[C@@H](C2=O)[C@@H]2[C@@H]4C=C[C@@H]([C@@H]5C(=O)N(c6ccc(C(C)=NO)cc6)C(=O)[C@H]45)[C@H]32)cc1. The summed E-state index contributed by atoms with van der Waals surface area (Å²) in [5, 5.41) is 24.5. The highest BCUT2D eigenvalue weighted by molar-refractivity contribution is 6.25. The molecule has 2 bridgehead atoms. The van der Waals surface area contributed by atoms with E-state index in [4.69, 9.17) is 10.4 Å². The molecule has 0 unspecified atom stereocenters. The fraction of sp³-hybridized carbons (Fsp3) is 0.333. The van der Waals surface area contributed by atoms with Crippen LogP contribution in [0.1, 0.15) is 25.0 Å². The van der Waals surface area contributed by atoms with Crippen molar-refractivity contribution in [1.82, 2.24) is 0 Å². The Hall–Kier alpha value is -4.60. The van der Waals surface area contributed by atoms with Crippen LogP contribution in [0.2, 0.25) is 0 Å². The van der Waals surface area contributed by atoms with Crippen molar-refractivity contribution in [2.45, 2.75) is 13.8 Å². The van der Waals surface area contributed by atoms with E-state index in [1.807, 2.05) is 12.2 Å². The van der Waals surface area contributed by atoms with Gasteiger partial charge < -0.3 is 10.4 Å². The molecule has 202 valence electrons. The molecule has 2 aromatic rings. The molecule has 2 N–H and O–H groups in total. The van der Waals surface area contributed by atoms with Crippen LogP contribution in [-0.2, 0) is 19.2 Å². The Morgan fingerprint density at radius 1 is 0.575 bits per heavy atom. The van der Waals surface area contributed by atoms with E-state index in [0.29, 0.717) is 33.9 Å². The number of imide groups is 2. The molecule has 2 aliphatic heterocycles. The number of fused-ring (bicyclic) bond motifs is 1. The van der Waals surface area contributed by atoms with E-state index in [1.54, 1.807) is 62.4 Å². The molecule has 0 aromatic heterocycles. The topological polar surface area (TPSA) is 140 Å². The molecule has 40 heavy (non-hydrogen) atoms. The fourth-order valence-electron chi connectivity index (χ4n) is 7.93. The molecule has 2 aromatic carbocycles. The Balaban J connectivity index is 1.18. The van der Waals surface area contributed by atoms with Crippen molar-refractivity contribution in [3.63, 3.8) is 0 Å². The normalized spacial score (nSPS) is 34.2. The molecular formula is C30H26N4O6. The maximum absolute atomic E-state index is 13.7. The predicted octanol–water partition coefficient (Wildman–Crippen LogP) is 3.06. The van der Waals surface area contributed by atoms with Crippen molar-refractivity contribution in [2.75, 3.05) is 9.80 Å². The highest BCUT2D eigenvalue weighted by Crippen LogP contribution is 2.68. The molecule has 6 aliphatic rings. The number of hydrogen-bond donors (Lipinski definition) is 2. The number of amides is 4. The van der Waals surface area contributed by atoms with Gasteiger partial charge in [-0.25, -0.2) is 0 Å². The third-order valence-electron chi connectivity index (χ3n) is 9.73. The maximum Gasteiger partial charge on any atom is 0.238 e. The Labute approximate surface area is 229 Å². The fourth-order valence-corrected chi connectivity index (χ4v) is 7.93. The van der Waals surface area contributed by atoms with Gasteiger partial charge in [-0.3, -0.25) is 29.0 Å². The minimum absolute atomic E-state index is 0.173. The predicted molar refractivity (Wildman–Crippen MR) is 143 cm³/mol. The van der Waals surface area contributed by atoms with E-state index in [1.165, 1.54) is 9.80 Å². The molecule has 8 rings (SSSR count). The van der Waals surface area contributed by atoms with Crippen LogP contribution in [-0.4, -0.2) is 45.5 Å². The van der Waals surface area contributed by atoms with Gasteiger partial charge in [-0.1, -0.05) is 46.7 Å². The van der Waals surface area contributed by atoms with Gasteiger partial charge in [-0.2, -0.15) is 0 Å². The summed E-state index contributed by atoms with van der Waals surface area (Å²) in [6.45, 7) is 3.30. The van der Waals surface area contributed by atoms with Gasteiger partial charge in [0.15, 0.2) is 0 Å². The number of oxime groups is 2. The van der Waals surface area contributed by atoms with Crippen LogP contribution in [0, 0.1) is 47.3 Å². The second-order valence-electron chi connectivity index (χ2n) is 11.3. The summed E-state index contributed by atoms with van der Waals surface area (Å²) in [4.78, 5) is 57.3. The number of carbonyl (C=O) groups excluding carboxylic acids is 4. The van der Waals surface area contributed by atoms with Crippen molar-refractivity contribution < 1.29 is 29.6 Å². The average molecular weight is 539 g/mol. The lowest BCUT2D eigenvalue weighted by Crippen LogP contribution is -2.63. The first kappa shape index (κ1) is 24.4. The minimum atomic E-state index is -0.568. The van der Waals surface area contributed by atoms with Crippen LogP contribution < -0.4 is 9.80 Å². The van der Waals surface area contributed by atoms with Crippen LogP contribution in [0.15, 0.2) is 71.0 Å². The lowest BCUT2D eigenvalue weighted by Gasteiger charge is -2.60. The molecule has 0 radical (unpaired) electrons. The summed E-state index contributed by atoms with van der Waals surface area (Å²) >= 11 is 0. The molecule has 2 saturated carbocycles. The maximum atomic E-state index is 13.7. The summed E-state index contributed by atoms with van der Waals surface area (Å²) in [5.41, 5.74) is 3.08. The van der Waals surface area contributed by atoms with E-state index >= 15 is 0 Å². The van der Waals surface area contributed by atoms with Gasteiger partial charge in [0.1, 0.15) is 0 Å². The smallest absolute Gasteiger partial charge is 0.238 e. The highest BCUT2D eigenvalue weighted by atomic mass is 16.4. The zero-order valence-corrected chi connectivity index (χ0v) is 21.7. The van der Waals surface area contributed by atoms with Gasteiger partial charge in [0, 0.05) is 0 Å². The van der Waals surface area contributed by atoms with E-state index < -0.39 is 23.7 Å². The Kier molecular flexibility index (Phi) is 5.16. The Bertz CT molecular complexity index is 1520. The van der Waals surface area contributed by atoms with Crippen LogP contribution in [0.25, 0.3) is 0 Å². The summed E-state index contributed by atoms with van der Waals surface area (Å²) in [5.74, 6) is -4.20. The monoisotopic (exact) mass is 538 g/mol. The molecule has 2 heterocycles. The van der Waals surface area contributed by atoms with Gasteiger partial charge in [0.2, 0.25) is 23.6 Å². The van der Waals surface area contributed by atoms with E-state index in [9.17, 15) is 19.2 Å². The van der Waals surface area contributed by atoms with Crippen molar-refractivity contribution in [1.29, 1.82) is 0 Å². The van der Waals surface area contributed by atoms with Crippen molar-refractivity contribution >= 4 is 46.4 Å². The van der Waals surface area contributed by atoms with E-state index in [2.05, 4.69) is 10.3 Å². The second-order valence-corrected chi connectivity index (χ2v) is 11.3. The Morgan fingerprint density at radius 2 is 0.900 bits per heavy atom. The average Bonchev–Trinajstić information content (AvgIpc) is 3.35. The molecule has 10 heteroatoms. The number of anilines is 2. The Morgan fingerprint density at radius 3 is 1.23 bits per heavy atom. The third kappa shape index (κ3) is 2.98. The molecule has 4 amide bonds. The number of rotatable bonds is 4. The first-order valence-electron chi connectivity index (χ1n) is 13.3. The molecule has 0 spiro atoms. The van der Waals surface area contributed by atoms with Crippen LogP contribution >= 0.6 is 0 Å². The molecule has 4 aliphatic carbocycles. The lowest BCUT2D eigenvalue weighted by atomic mass is 9.40. The number of benzene rings is 2. The summed E-state index contributed by atoms with van der Waals surface area (Å²) in [6, 6.07) is 13.5. The summed E-state index contributed by atoms with van der Waals surface area (Å²) < 4.78 is 0. The highest BCUT2D eigenvalue weighted by Gasteiger charge is 2.75. The molecule has 2 saturated heterocycles. The van der Waals surface area contributed by atoms with Crippen LogP contribution in [0.4, 0.5) is 11.4 Å². The first-order chi connectivity index (χ1) is 19.3. The first-order valence-corrected chi connectivity index (χ1v) is 13.3. The standard InChI is InChI=1S/C30H26N4O6/c1-13(31-39)15-3-7-17(8-4-15)33-27(35)23-19-11-12-20(24(23)28(33)36)22-21(19)25-26(22)30(38)34(29(25)37)18-9-5-16(6-10-18)14(2)32-40/h3-12,19-26,39-40H,1-2H3/t19-,20+,21+,22-,23+,24-,25-,26-/m0/s1. The van der Waals surface area contributed by atoms with Crippen molar-refractivity contribution in [3.8, 4) is 0 Å². The molecule has 10 nitrogen and oxygen atoms in total. The number of allylic oxidation sites excluding steroid dienone is 2. The van der Waals surface area contributed by atoms with Gasteiger partial charge >= 0.3 is 0 Å². The number of nitrogens with zero attached hydrogens (tertiary/aromatic N) is 4. The van der Waals surface area contributed by atoms with Crippen LogP contribution in [0.3, 0.4) is 0 Å². The number of hydrogen-bond acceptors (Lipinski definition) is 8. The van der Waals surface area contributed by atoms with Crippen molar-refractivity contribution in [2.24, 2.45) is 57.7 Å². The van der Waals surface area contributed by atoms with E-state index in [-0.39, 0.29) is 47.3 Å². The second kappa shape index (κ2) is 8.45. The van der Waals surface area contributed by atoms with Gasteiger partial charge in [0.05, 0.1) is 46.5 Å². The van der Waals surface area contributed by atoms with Gasteiger partial charge in [-0.15, -0.1) is 0 Å². The molecular weight excluding hydrogens is 512 g/mol. The van der Waals surface area contributed by atoms with Gasteiger partial charge in [-0.05, 0) is 72.9 Å². The van der Waals surface area contributed by atoms with Crippen LogP contribution in [0.5, 0.6) is 0 Å². The lowest BCUT2D eigenvalue weighted by molar-refractivity contribution is -0.166. The van der Waals surface area contributed by atoms with Crippen molar-refractivity contribution in [3.05, 3.63) is 71.8 Å². The quantitative estimate of drug-likeness (QED) is 0.202. The van der Waals surface area contributed by atoms with Gasteiger partial charge in [0.25, 0.3) is 0 Å². The summed E-state index contributed by atoms with van der Waals surface area (Å²) in [7, 11) is 0. The number of carbonyl (C=O) groups is 4. The molecule has 4 fully saturated rings. The zero-order chi connectivity index (χ0) is 28.0. The molecule has 8 atom stereocenters.